The summed E-state index contributed by atoms with van der Waals surface area (Å²) >= 11 is 5.94. The molecule has 24 heavy (non-hydrogen) atoms. The fourth-order valence-corrected chi connectivity index (χ4v) is 3.41. The van der Waals surface area contributed by atoms with Gasteiger partial charge in [-0.1, -0.05) is 23.7 Å². The minimum atomic E-state index is -0.409. The molecule has 4 nitrogen and oxygen atoms in total. The van der Waals surface area contributed by atoms with Gasteiger partial charge >= 0.3 is 5.97 Å². The van der Waals surface area contributed by atoms with Crippen LogP contribution in [0.4, 0.5) is 0 Å². The second-order valence-corrected chi connectivity index (χ2v) is 6.95. The molecular weight excluding hydrogens is 326 g/mol. The Bertz CT molecular complexity index is 790. The van der Waals surface area contributed by atoms with Gasteiger partial charge in [0.2, 0.25) is 0 Å². The molecule has 126 valence electrons. The zero-order valence-corrected chi connectivity index (χ0v) is 14.7. The van der Waals surface area contributed by atoms with Crippen LogP contribution in [0.15, 0.2) is 24.3 Å². The second-order valence-electron chi connectivity index (χ2n) is 6.51. The van der Waals surface area contributed by atoms with Gasteiger partial charge in [-0.05, 0) is 56.4 Å². The van der Waals surface area contributed by atoms with E-state index < -0.39 is 5.97 Å². The number of esters is 1. The Kier molecular flexibility index (Phi) is 4.50. The molecule has 0 spiro atoms. The van der Waals surface area contributed by atoms with Crippen LogP contribution in [-0.4, -0.2) is 22.8 Å². The molecule has 0 bridgehead atoms. The molecule has 1 aliphatic rings. The third kappa shape index (κ3) is 3.11. The van der Waals surface area contributed by atoms with E-state index >= 15 is 0 Å². The smallest absolute Gasteiger partial charge is 0.355 e. The van der Waals surface area contributed by atoms with Crippen molar-refractivity contribution in [2.45, 2.75) is 45.6 Å². The molecule has 0 saturated carbocycles. The number of benzene rings is 1. The Balaban J connectivity index is 1.92. The molecule has 0 unspecified atom stereocenters. The number of ketones is 1. The highest BCUT2D eigenvalue weighted by molar-refractivity contribution is 6.30. The number of fused-ring (bicyclic) bond motifs is 1. The van der Waals surface area contributed by atoms with Crippen molar-refractivity contribution in [3.05, 3.63) is 57.4 Å². The van der Waals surface area contributed by atoms with E-state index in [1.165, 1.54) is 0 Å². The van der Waals surface area contributed by atoms with Crippen molar-refractivity contribution in [1.29, 1.82) is 0 Å². The van der Waals surface area contributed by atoms with Crippen LogP contribution in [0.25, 0.3) is 0 Å². The summed E-state index contributed by atoms with van der Waals surface area (Å²) in [7, 11) is 0. The van der Waals surface area contributed by atoms with E-state index in [9.17, 15) is 9.59 Å². The maximum absolute atomic E-state index is 12.6. The molecule has 1 aromatic heterocycles. The van der Waals surface area contributed by atoms with Crippen molar-refractivity contribution in [2.75, 3.05) is 0 Å². The van der Waals surface area contributed by atoms with E-state index in [0.717, 1.165) is 11.3 Å². The lowest BCUT2D eigenvalue weighted by Crippen LogP contribution is -2.18. The number of carbonyl (C=O) groups is 2. The van der Waals surface area contributed by atoms with Crippen LogP contribution in [0.3, 0.4) is 0 Å². The molecule has 0 fully saturated rings. The van der Waals surface area contributed by atoms with Crippen molar-refractivity contribution in [1.82, 2.24) is 4.98 Å². The Morgan fingerprint density at radius 2 is 1.92 bits per heavy atom. The van der Waals surface area contributed by atoms with E-state index in [1.807, 2.05) is 24.3 Å². The molecule has 0 aliphatic heterocycles. The third-order valence-electron chi connectivity index (χ3n) is 4.38. The first-order valence-corrected chi connectivity index (χ1v) is 8.45. The summed E-state index contributed by atoms with van der Waals surface area (Å²) < 4.78 is 5.26. The van der Waals surface area contributed by atoms with Crippen molar-refractivity contribution in [3.63, 3.8) is 0 Å². The molecule has 5 heteroatoms. The van der Waals surface area contributed by atoms with Gasteiger partial charge in [-0.15, -0.1) is 0 Å². The van der Waals surface area contributed by atoms with Gasteiger partial charge in [-0.2, -0.15) is 0 Å². The number of hydrogen-bond acceptors (Lipinski definition) is 3. The van der Waals surface area contributed by atoms with Crippen molar-refractivity contribution < 1.29 is 14.3 Å². The number of aromatic nitrogens is 1. The molecule has 3 rings (SSSR count). The molecule has 0 radical (unpaired) electrons. The number of rotatable bonds is 3. The van der Waals surface area contributed by atoms with Gasteiger partial charge < -0.3 is 9.72 Å². The van der Waals surface area contributed by atoms with Gasteiger partial charge in [0.15, 0.2) is 5.78 Å². The predicted molar refractivity (Wildman–Crippen MR) is 92.9 cm³/mol. The summed E-state index contributed by atoms with van der Waals surface area (Å²) in [4.78, 5) is 28.0. The van der Waals surface area contributed by atoms with Gasteiger partial charge in [0, 0.05) is 22.7 Å². The maximum atomic E-state index is 12.6. The number of Topliss-reactive ketones (excluding diaryl/α,β-unsaturated/α-hetero) is 1. The van der Waals surface area contributed by atoms with Crippen molar-refractivity contribution >= 4 is 23.4 Å². The van der Waals surface area contributed by atoms with Crippen molar-refractivity contribution in [3.8, 4) is 0 Å². The molecule has 1 aromatic carbocycles. The van der Waals surface area contributed by atoms with Gasteiger partial charge in [0.05, 0.1) is 6.10 Å². The first-order chi connectivity index (χ1) is 11.4. The first kappa shape index (κ1) is 16.8. The first-order valence-electron chi connectivity index (χ1n) is 8.08. The SMILES string of the molecule is Cc1c(C(=O)OC(C)C)[nH]c2c1C(=O)C[C@@H](c1ccc(Cl)cc1)C2. The highest BCUT2D eigenvalue weighted by atomic mass is 35.5. The highest BCUT2D eigenvalue weighted by Crippen LogP contribution is 2.35. The summed E-state index contributed by atoms with van der Waals surface area (Å²) in [5.41, 5.74) is 3.63. The van der Waals surface area contributed by atoms with Gasteiger partial charge in [0.1, 0.15) is 5.69 Å². The monoisotopic (exact) mass is 345 g/mol. The molecular formula is C19H20ClNO3. The Morgan fingerprint density at radius 3 is 2.54 bits per heavy atom. The number of aromatic amines is 1. The summed E-state index contributed by atoms with van der Waals surface area (Å²) in [6.07, 6.45) is 0.930. The average molecular weight is 346 g/mol. The van der Waals surface area contributed by atoms with Gasteiger partial charge in [-0.3, -0.25) is 4.79 Å². The molecule has 1 N–H and O–H groups in total. The van der Waals surface area contributed by atoms with Gasteiger partial charge in [-0.25, -0.2) is 4.79 Å². The molecule has 1 heterocycles. The molecule has 2 aromatic rings. The summed E-state index contributed by atoms with van der Waals surface area (Å²) in [5, 5.41) is 0.677. The summed E-state index contributed by atoms with van der Waals surface area (Å²) in [5.74, 6) is -0.254. The number of hydrogen-bond donors (Lipinski definition) is 1. The van der Waals surface area contributed by atoms with Crippen molar-refractivity contribution in [2.24, 2.45) is 0 Å². The Hall–Kier alpha value is -2.07. The minimum absolute atomic E-state index is 0.0635. The number of H-pyrrole nitrogens is 1. The normalized spacial score (nSPS) is 17.0. The maximum Gasteiger partial charge on any atom is 0.355 e. The molecule has 0 amide bonds. The molecule has 1 atom stereocenters. The molecule has 0 saturated heterocycles. The summed E-state index contributed by atoms with van der Waals surface area (Å²) in [6, 6.07) is 7.58. The number of carbonyl (C=O) groups excluding carboxylic acids is 2. The second kappa shape index (κ2) is 6.44. The van der Waals surface area contributed by atoms with E-state index in [1.54, 1.807) is 20.8 Å². The van der Waals surface area contributed by atoms with Crippen LogP contribution in [0.2, 0.25) is 5.02 Å². The molecule has 1 aliphatic carbocycles. The number of halogens is 1. The van der Waals surface area contributed by atoms with Gasteiger partial charge in [0.25, 0.3) is 0 Å². The topological polar surface area (TPSA) is 59.2 Å². The standard InChI is InChI=1S/C19H20ClNO3/c1-10(2)24-19(23)18-11(3)17-15(21-18)8-13(9-16(17)22)12-4-6-14(20)7-5-12/h4-7,10,13,21H,8-9H2,1-3H3/t13-/m0/s1. The Morgan fingerprint density at radius 1 is 1.25 bits per heavy atom. The lowest BCUT2D eigenvalue weighted by molar-refractivity contribution is 0.0370. The summed E-state index contributed by atoms with van der Waals surface area (Å²) in [6.45, 7) is 5.41. The fraction of sp³-hybridized carbons (Fsp3) is 0.368. The lowest BCUT2D eigenvalue weighted by atomic mass is 9.81. The van der Waals surface area contributed by atoms with Crippen LogP contribution in [0.5, 0.6) is 0 Å². The van der Waals surface area contributed by atoms with E-state index in [4.69, 9.17) is 16.3 Å². The quantitative estimate of drug-likeness (QED) is 0.836. The van der Waals surface area contributed by atoms with E-state index in [-0.39, 0.29) is 17.8 Å². The predicted octanol–water partition coefficient (Wildman–Crippen LogP) is 4.45. The fourth-order valence-electron chi connectivity index (χ4n) is 3.28. The zero-order valence-electron chi connectivity index (χ0n) is 14.0. The lowest BCUT2D eigenvalue weighted by Gasteiger charge is -2.22. The number of nitrogens with one attached hydrogen (secondary N) is 1. The highest BCUT2D eigenvalue weighted by Gasteiger charge is 2.32. The minimum Gasteiger partial charge on any atom is -0.458 e. The van der Waals surface area contributed by atoms with Crippen LogP contribution in [0, 0.1) is 6.92 Å². The van der Waals surface area contributed by atoms with Crippen LogP contribution < -0.4 is 0 Å². The van der Waals surface area contributed by atoms with E-state index in [2.05, 4.69) is 4.98 Å². The number of ether oxygens (including phenoxy) is 1. The largest absolute Gasteiger partial charge is 0.458 e. The van der Waals surface area contributed by atoms with Crippen LogP contribution in [-0.2, 0) is 11.2 Å². The van der Waals surface area contributed by atoms with Crippen LogP contribution >= 0.6 is 11.6 Å². The zero-order chi connectivity index (χ0) is 17.4. The average Bonchev–Trinajstić information content (AvgIpc) is 2.85. The van der Waals surface area contributed by atoms with Crippen LogP contribution in [0.1, 0.15) is 63.9 Å². The Labute approximate surface area is 146 Å². The third-order valence-corrected chi connectivity index (χ3v) is 4.63. The van der Waals surface area contributed by atoms with E-state index in [0.29, 0.717) is 34.7 Å².